The molecule has 0 N–H and O–H groups in total. The van der Waals surface area contributed by atoms with Crippen molar-refractivity contribution in [2.75, 3.05) is 24.7 Å². The zero-order chi connectivity index (χ0) is 20.4. The van der Waals surface area contributed by atoms with Crippen molar-refractivity contribution in [1.29, 1.82) is 0 Å². The van der Waals surface area contributed by atoms with Crippen LogP contribution in [0.5, 0.6) is 0 Å². The van der Waals surface area contributed by atoms with Crippen molar-refractivity contribution in [2.45, 2.75) is 52.5 Å². The van der Waals surface area contributed by atoms with Crippen LogP contribution in [0.2, 0.25) is 0 Å². The van der Waals surface area contributed by atoms with Gasteiger partial charge in [-0.2, -0.15) is 0 Å². The summed E-state index contributed by atoms with van der Waals surface area (Å²) in [7, 11) is 0. The van der Waals surface area contributed by atoms with Crippen LogP contribution in [0.25, 0.3) is 10.8 Å². The molecule has 0 fully saturated rings. The topological polar surface area (TPSA) is 55.8 Å². The smallest absolute Gasteiger partial charge is 0.340 e. The maximum Gasteiger partial charge on any atom is 0.340 e. The van der Waals surface area contributed by atoms with Gasteiger partial charge in [-0.05, 0) is 42.2 Å². The number of anilines is 1. The minimum atomic E-state index is -1.09. The Kier molecular flexibility index (Phi) is 8.79. The Hall–Kier alpha value is -2.56. The predicted octanol–water partition coefficient (Wildman–Crippen LogP) is 4.72. The van der Waals surface area contributed by atoms with Crippen LogP contribution >= 0.6 is 0 Å². The molecule has 2 aromatic carbocycles. The molecule has 0 aliphatic carbocycles. The van der Waals surface area contributed by atoms with Gasteiger partial charge in [-0.3, -0.25) is 0 Å². The number of carbonyl (C=O) groups excluding carboxylic acids is 2. The van der Waals surface area contributed by atoms with Crippen molar-refractivity contribution in [1.82, 2.24) is 0 Å². The van der Waals surface area contributed by atoms with E-state index < -0.39 is 18.0 Å². The van der Waals surface area contributed by atoms with E-state index in [2.05, 4.69) is 6.92 Å². The van der Waals surface area contributed by atoms with E-state index in [1.54, 1.807) is 0 Å². The van der Waals surface area contributed by atoms with E-state index in [9.17, 15) is 9.59 Å². The summed E-state index contributed by atoms with van der Waals surface area (Å²) in [5.41, 5.74) is 0.819. The van der Waals surface area contributed by atoms with Gasteiger partial charge in [0.2, 0.25) is 6.04 Å². The first-order valence-electron chi connectivity index (χ1n) is 10.2. The summed E-state index contributed by atoms with van der Waals surface area (Å²) in [6, 6.07) is 12.9. The zero-order valence-electron chi connectivity index (χ0n) is 17.1. The van der Waals surface area contributed by atoms with Crippen molar-refractivity contribution >= 4 is 28.4 Å². The highest BCUT2D eigenvalue weighted by atomic mass is 16.6. The lowest BCUT2D eigenvalue weighted by Gasteiger charge is -2.31. The fourth-order valence-electron chi connectivity index (χ4n) is 3.00. The molecule has 0 spiro atoms. The number of carbonyl (C=O) groups is 2. The molecular weight excluding hydrogens is 354 g/mol. The standard InChI is InChI=1S/C23H31NO4/c1-4-7-14-24(20-13-12-18-10-8-9-11-19(18)17-20)21(22(25)27-15-5-2)23(26)28-16-6-3/h8-13,17,21H,4-7,14-16H2,1-3H3. The predicted molar refractivity (Wildman–Crippen MR) is 112 cm³/mol. The lowest BCUT2D eigenvalue weighted by molar-refractivity contribution is -0.157. The molecule has 0 amide bonds. The monoisotopic (exact) mass is 385 g/mol. The Morgan fingerprint density at radius 2 is 1.46 bits per heavy atom. The first-order chi connectivity index (χ1) is 13.6. The third kappa shape index (κ3) is 5.72. The fourth-order valence-corrected chi connectivity index (χ4v) is 3.00. The molecule has 0 aromatic heterocycles. The van der Waals surface area contributed by atoms with Gasteiger partial charge in [-0.25, -0.2) is 9.59 Å². The van der Waals surface area contributed by atoms with E-state index in [1.165, 1.54) is 0 Å². The minimum Gasteiger partial charge on any atom is -0.464 e. The van der Waals surface area contributed by atoms with E-state index in [-0.39, 0.29) is 13.2 Å². The molecule has 0 bridgehead atoms. The number of fused-ring (bicyclic) bond motifs is 1. The molecule has 2 aromatic rings. The maximum atomic E-state index is 12.8. The van der Waals surface area contributed by atoms with E-state index in [1.807, 2.05) is 61.2 Å². The van der Waals surface area contributed by atoms with Gasteiger partial charge in [0.15, 0.2) is 0 Å². The van der Waals surface area contributed by atoms with Gasteiger partial charge in [0.25, 0.3) is 0 Å². The molecule has 0 saturated carbocycles. The van der Waals surface area contributed by atoms with Crippen molar-refractivity contribution in [3.05, 3.63) is 42.5 Å². The lowest BCUT2D eigenvalue weighted by atomic mass is 10.1. The summed E-state index contributed by atoms with van der Waals surface area (Å²) in [6.45, 7) is 7.08. The lowest BCUT2D eigenvalue weighted by Crippen LogP contribution is -2.49. The van der Waals surface area contributed by atoms with Gasteiger partial charge in [-0.15, -0.1) is 0 Å². The quantitative estimate of drug-likeness (QED) is 0.414. The number of hydrogen-bond acceptors (Lipinski definition) is 5. The van der Waals surface area contributed by atoms with E-state index >= 15 is 0 Å². The highest BCUT2D eigenvalue weighted by Crippen LogP contribution is 2.25. The molecule has 0 aliphatic heterocycles. The van der Waals surface area contributed by atoms with Gasteiger partial charge >= 0.3 is 11.9 Å². The summed E-state index contributed by atoms with van der Waals surface area (Å²) in [4.78, 5) is 27.4. The summed E-state index contributed by atoms with van der Waals surface area (Å²) < 4.78 is 10.7. The summed E-state index contributed by atoms with van der Waals surface area (Å²) >= 11 is 0. The van der Waals surface area contributed by atoms with Gasteiger partial charge in [0.1, 0.15) is 0 Å². The Morgan fingerprint density at radius 1 is 0.857 bits per heavy atom. The van der Waals surface area contributed by atoms with Crippen LogP contribution in [0.3, 0.4) is 0 Å². The van der Waals surface area contributed by atoms with Gasteiger partial charge in [0, 0.05) is 12.2 Å². The molecule has 0 unspecified atom stereocenters. The molecule has 0 saturated heterocycles. The summed E-state index contributed by atoms with van der Waals surface area (Å²) in [6.07, 6.45) is 3.21. The molecule has 0 heterocycles. The Bertz CT molecular complexity index is 754. The Morgan fingerprint density at radius 3 is 2.04 bits per heavy atom. The average Bonchev–Trinajstić information content (AvgIpc) is 2.72. The summed E-state index contributed by atoms with van der Waals surface area (Å²) in [5.74, 6) is -1.10. The van der Waals surface area contributed by atoms with Crippen molar-refractivity contribution in [3.63, 3.8) is 0 Å². The van der Waals surface area contributed by atoms with Crippen molar-refractivity contribution in [2.24, 2.45) is 0 Å². The molecule has 5 heteroatoms. The van der Waals surface area contributed by atoms with Crippen molar-refractivity contribution in [3.8, 4) is 0 Å². The molecule has 0 atom stereocenters. The normalized spacial score (nSPS) is 10.9. The number of rotatable bonds is 11. The second-order valence-electron chi connectivity index (χ2n) is 6.82. The van der Waals surface area contributed by atoms with Crippen LogP contribution < -0.4 is 4.90 Å². The molecule has 28 heavy (non-hydrogen) atoms. The van der Waals surface area contributed by atoms with Crippen LogP contribution in [0.4, 0.5) is 5.69 Å². The zero-order valence-corrected chi connectivity index (χ0v) is 17.1. The SMILES string of the molecule is CCCCN(c1ccc2ccccc2c1)C(C(=O)OCCC)C(=O)OCCC. The Balaban J connectivity index is 2.41. The number of nitrogens with zero attached hydrogens (tertiary/aromatic N) is 1. The molecule has 152 valence electrons. The highest BCUT2D eigenvalue weighted by molar-refractivity contribution is 6.03. The van der Waals surface area contributed by atoms with Gasteiger partial charge < -0.3 is 14.4 Å². The maximum absolute atomic E-state index is 12.8. The van der Waals surface area contributed by atoms with Crippen molar-refractivity contribution < 1.29 is 19.1 Å². The number of ether oxygens (including phenoxy) is 2. The number of esters is 2. The fraction of sp³-hybridized carbons (Fsp3) is 0.478. The third-order valence-electron chi connectivity index (χ3n) is 4.47. The molecule has 0 aliphatic rings. The van der Waals surface area contributed by atoms with Crippen LogP contribution in [0, 0.1) is 0 Å². The van der Waals surface area contributed by atoms with Gasteiger partial charge in [-0.1, -0.05) is 57.5 Å². The third-order valence-corrected chi connectivity index (χ3v) is 4.47. The highest BCUT2D eigenvalue weighted by Gasteiger charge is 2.36. The first-order valence-corrected chi connectivity index (χ1v) is 10.2. The minimum absolute atomic E-state index is 0.287. The molecule has 0 radical (unpaired) electrons. The summed E-state index contributed by atoms with van der Waals surface area (Å²) in [5, 5.41) is 2.17. The molecule has 5 nitrogen and oxygen atoms in total. The second-order valence-corrected chi connectivity index (χ2v) is 6.82. The van der Waals surface area contributed by atoms with Gasteiger partial charge in [0.05, 0.1) is 13.2 Å². The number of benzene rings is 2. The van der Waals surface area contributed by atoms with Crippen LogP contribution in [-0.2, 0) is 19.1 Å². The number of unbranched alkanes of at least 4 members (excludes halogenated alkanes) is 1. The second kappa shape index (κ2) is 11.3. The number of hydrogen-bond donors (Lipinski definition) is 0. The van der Waals surface area contributed by atoms with Crippen LogP contribution in [0.15, 0.2) is 42.5 Å². The van der Waals surface area contributed by atoms with Crippen LogP contribution in [0.1, 0.15) is 46.5 Å². The first kappa shape index (κ1) is 21.7. The Labute approximate surface area is 167 Å². The van der Waals surface area contributed by atoms with E-state index in [4.69, 9.17) is 9.47 Å². The molecular formula is C23H31NO4. The van der Waals surface area contributed by atoms with Crippen LogP contribution in [-0.4, -0.2) is 37.7 Å². The van der Waals surface area contributed by atoms with E-state index in [0.29, 0.717) is 19.4 Å². The largest absolute Gasteiger partial charge is 0.464 e. The van der Waals surface area contributed by atoms with E-state index in [0.717, 1.165) is 29.3 Å². The molecule has 2 rings (SSSR count). The average molecular weight is 386 g/mol.